The molecule has 0 bridgehead atoms. The number of rotatable bonds is 6. The second kappa shape index (κ2) is 9.95. The minimum Gasteiger partial charge on any atom is -0.355 e. The van der Waals surface area contributed by atoms with Gasteiger partial charge in [-0.1, -0.05) is 6.07 Å². The van der Waals surface area contributed by atoms with Gasteiger partial charge in [-0.3, -0.25) is 14.8 Å². The molecule has 3 N–H and O–H groups in total. The molecule has 3 aromatic carbocycles. The normalized spacial score (nSPS) is 10.4. The number of anilines is 5. The first kappa shape index (κ1) is 22.6. The summed E-state index contributed by atoms with van der Waals surface area (Å²) in [7, 11) is 0. The summed E-state index contributed by atoms with van der Waals surface area (Å²) in [5.74, 6) is -0.196. The Morgan fingerprint density at radius 2 is 1.53 bits per heavy atom. The standard InChI is InChI=1S/C29H22N6O/c1-19-15-24(33-22-9-12-31-13-10-22)17-25(16-19)35-29(36)20-3-5-21(6-4-20)34-28-11-14-32-27-8-7-23(30-2)18-26(27)28/h3-18H,1H3,(H,31,33)(H,32,34)(H,35,36). The molecule has 5 rings (SSSR count). The van der Waals surface area contributed by atoms with E-state index in [1.807, 2.05) is 67.6 Å². The smallest absolute Gasteiger partial charge is 0.255 e. The fourth-order valence-corrected chi connectivity index (χ4v) is 3.91. The highest BCUT2D eigenvalue weighted by molar-refractivity contribution is 6.05. The van der Waals surface area contributed by atoms with Crippen LogP contribution in [0, 0.1) is 13.5 Å². The van der Waals surface area contributed by atoms with Crippen LogP contribution in [0.5, 0.6) is 0 Å². The molecule has 0 aliphatic carbocycles. The van der Waals surface area contributed by atoms with Crippen LogP contribution in [0.1, 0.15) is 15.9 Å². The zero-order valence-corrected chi connectivity index (χ0v) is 19.5. The van der Waals surface area contributed by atoms with Crippen molar-refractivity contribution < 1.29 is 4.79 Å². The van der Waals surface area contributed by atoms with E-state index >= 15 is 0 Å². The third-order valence-electron chi connectivity index (χ3n) is 5.58. The first-order chi connectivity index (χ1) is 17.6. The van der Waals surface area contributed by atoms with E-state index in [1.165, 1.54) is 0 Å². The number of hydrogen-bond acceptors (Lipinski definition) is 5. The molecule has 7 heteroatoms. The van der Waals surface area contributed by atoms with E-state index < -0.39 is 0 Å². The predicted molar refractivity (Wildman–Crippen MR) is 144 cm³/mol. The molecule has 0 radical (unpaired) electrons. The molecule has 7 nitrogen and oxygen atoms in total. The van der Waals surface area contributed by atoms with Crippen molar-refractivity contribution in [1.29, 1.82) is 0 Å². The van der Waals surface area contributed by atoms with Gasteiger partial charge in [-0.25, -0.2) is 4.85 Å². The Bertz CT molecular complexity index is 1590. The van der Waals surface area contributed by atoms with Crippen molar-refractivity contribution in [3.8, 4) is 0 Å². The molecule has 36 heavy (non-hydrogen) atoms. The van der Waals surface area contributed by atoms with Crippen molar-refractivity contribution in [2.75, 3.05) is 16.0 Å². The van der Waals surface area contributed by atoms with Crippen LogP contribution in [0.2, 0.25) is 0 Å². The molecule has 0 fully saturated rings. The zero-order valence-electron chi connectivity index (χ0n) is 19.5. The second-order valence-corrected chi connectivity index (χ2v) is 8.28. The number of aryl methyl sites for hydroxylation is 1. The van der Waals surface area contributed by atoms with Crippen LogP contribution in [-0.4, -0.2) is 15.9 Å². The number of benzene rings is 3. The molecule has 2 aromatic heterocycles. The first-order valence-corrected chi connectivity index (χ1v) is 11.3. The molecule has 0 saturated carbocycles. The zero-order chi connectivity index (χ0) is 24.9. The van der Waals surface area contributed by atoms with Crippen molar-refractivity contribution in [2.45, 2.75) is 6.92 Å². The number of carbonyl (C=O) groups excluding carboxylic acids is 1. The van der Waals surface area contributed by atoms with Gasteiger partial charge in [0.05, 0.1) is 12.1 Å². The maximum absolute atomic E-state index is 12.9. The van der Waals surface area contributed by atoms with Gasteiger partial charge in [0, 0.05) is 58.0 Å². The summed E-state index contributed by atoms with van der Waals surface area (Å²) in [4.78, 5) is 24.8. The Morgan fingerprint density at radius 3 is 2.31 bits per heavy atom. The summed E-state index contributed by atoms with van der Waals surface area (Å²) < 4.78 is 0. The maximum Gasteiger partial charge on any atom is 0.255 e. The van der Waals surface area contributed by atoms with Gasteiger partial charge in [-0.15, -0.1) is 0 Å². The summed E-state index contributed by atoms with van der Waals surface area (Å²) >= 11 is 0. The highest BCUT2D eigenvalue weighted by Gasteiger charge is 2.09. The van der Waals surface area contributed by atoms with E-state index in [9.17, 15) is 4.79 Å². The average molecular weight is 471 g/mol. The Morgan fingerprint density at radius 1 is 0.778 bits per heavy atom. The van der Waals surface area contributed by atoms with Gasteiger partial charge >= 0.3 is 0 Å². The second-order valence-electron chi connectivity index (χ2n) is 8.28. The lowest BCUT2D eigenvalue weighted by Crippen LogP contribution is -2.12. The summed E-state index contributed by atoms with van der Waals surface area (Å²) in [5, 5.41) is 10.5. The van der Waals surface area contributed by atoms with E-state index in [4.69, 9.17) is 6.57 Å². The predicted octanol–water partition coefficient (Wildman–Crippen LogP) is 7.23. The number of nitrogens with zero attached hydrogens (tertiary/aromatic N) is 3. The highest BCUT2D eigenvalue weighted by atomic mass is 16.1. The molecule has 5 aromatic rings. The Balaban J connectivity index is 1.30. The third-order valence-corrected chi connectivity index (χ3v) is 5.58. The fourth-order valence-electron chi connectivity index (χ4n) is 3.91. The van der Waals surface area contributed by atoms with Gasteiger partial charge in [0.1, 0.15) is 0 Å². The molecule has 2 heterocycles. The van der Waals surface area contributed by atoms with Crippen molar-refractivity contribution in [3.05, 3.63) is 120 Å². The van der Waals surface area contributed by atoms with Gasteiger partial charge < -0.3 is 16.0 Å². The van der Waals surface area contributed by atoms with E-state index in [0.717, 1.165) is 39.2 Å². The van der Waals surface area contributed by atoms with Crippen LogP contribution >= 0.6 is 0 Å². The van der Waals surface area contributed by atoms with Crippen molar-refractivity contribution in [2.24, 2.45) is 0 Å². The summed E-state index contributed by atoms with van der Waals surface area (Å²) in [6.07, 6.45) is 5.17. The molecule has 0 atom stereocenters. The van der Waals surface area contributed by atoms with E-state index in [0.29, 0.717) is 16.9 Å². The molecular formula is C29H22N6O. The molecule has 0 spiro atoms. The number of carbonyl (C=O) groups is 1. The van der Waals surface area contributed by atoms with Crippen LogP contribution in [-0.2, 0) is 0 Å². The van der Waals surface area contributed by atoms with Gasteiger partial charge in [-0.05, 0) is 85.3 Å². The Kier molecular flexibility index (Phi) is 6.24. The van der Waals surface area contributed by atoms with Crippen LogP contribution in [0.15, 0.2) is 97.5 Å². The van der Waals surface area contributed by atoms with Crippen LogP contribution in [0.3, 0.4) is 0 Å². The minimum absolute atomic E-state index is 0.196. The lowest BCUT2D eigenvalue weighted by atomic mass is 10.1. The number of amides is 1. The average Bonchev–Trinajstić information content (AvgIpc) is 2.89. The van der Waals surface area contributed by atoms with E-state index in [1.54, 1.807) is 36.8 Å². The number of pyridine rings is 2. The quantitative estimate of drug-likeness (QED) is 0.228. The van der Waals surface area contributed by atoms with Crippen LogP contribution in [0.25, 0.3) is 15.7 Å². The topological polar surface area (TPSA) is 83.3 Å². The minimum atomic E-state index is -0.196. The molecule has 0 saturated heterocycles. The first-order valence-electron chi connectivity index (χ1n) is 11.3. The number of hydrogen-bond donors (Lipinski definition) is 3. The van der Waals surface area contributed by atoms with Crippen molar-refractivity contribution >= 4 is 50.9 Å². The monoisotopic (exact) mass is 470 g/mol. The van der Waals surface area contributed by atoms with Gasteiger partial charge in [0.25, 0.3) is 5.91 Å². The Hall–Kier alpha value is -5.22. The largest absolute Gasteiger partial charge is 0.355 e. The van der Waals surface area contributed by atoms with Gasteiger partial charge in [-0.2, -0.15) is 0 Å². The molecule has 0 aliphatic rings. The molecule has 1 amide bonds. The summed E-state index contributed by atoms with van der Waals surface area (Å²) in [6.45, 7) is 9.25. The maximum atomic E-state index is 12.9. The summed E-state index contributed by atoms with van der Waals surface area (Å²) in [6, 6.07) is 24.1. The number of nitrogens with one attached hydrogen (secondary N) is 3. The van der Waals surface area contributed by atoms with Crippen LogP contribution in [0.4, 0.5) is 34.1 Å². The van der Waals surface area contributed by atoms with Gasteiger partial charge in [0.15, 0.2) is 5.69 Å². The molecule has 174 valence electrons. The van der Waals surface area contributed by atoms with Crippen molar-refractivity contribution in [1.82, 2.24) is 9.97 Å². The van der Waals surface area contributed by atoms with Gasteiger partial charge in [0.2, 0.25) is 0 Å². The third kappa shape index (κ3) is 5.13. The molecular weight excluding hydrogens is 448 g/mol. The SMILES string of the molecule is [C-]#[N+]c1ccc2nccc(Nc3ccc(C(=O)Nc4cc(C)cc(Nc5ccncc5)c4)cc3)c2c1. The van der Waals surface area contributed by atoms with Crippen LogP contribution < -0.4 is 16.0 Å². The Labute approximate surface area is 208 Å². The molecule has 0 aliphatic heterocycles. The van der Waals surface area contributed by atoms with Crippen molar-refractivity contribution in [3.63, 3.8) is 0 Å². The number of aromatic nitrogens is 2. The summed E-state index contributed by atoms with van der Waals surface area (Å²) in [5.41, 5.74) is 7.10. The number of fused-ring (bicyclic) bond motifs is 1. The highest BCUT2D eigenvalue weighted by Crippen LogP contribution is 2.29. The van der Waals surface area contributed by atoms with E-state index in [2.05, 4.69) is 30.8 Å². The lowest BCUT2D eigenvalue weighted by molar-refractivity contribution is 0.102. The molecule has 0 unspecified atom stereocenters. The van der Waals surface area contributed by atoms with E-state index in [-0.39, 0.29) is 5.91 Å². The fraction of sp³-hybridized carbons (Fsp3) is 0.0345. The lowest BCUT2D eigenvalue weighted by Gasteiger charge is -2.12.